The number of amides is 1. The average molecular weight is 228 g/mol. The van der Waals surface area contributed by atoms with Crippen LogP contribution >= 0.6 is 0 Å². The molecule has 94 valence electrons. The Kier molecular flexibility index (Phi) is 7.17. The summed E-state index contributed by atoms with van der Waals surface area (Å²) in [6.07, 6.45) is 10.6. The molecule has 0 aromatic carbocycles. The van der Waals surface area contributed by atoms with E-state index < -0.39 is 0 Å². The Bertz CT molecular complexity index is 189. The number of carbonyl (C=O) groups is 1. The van der Waals surface area contributed by atoms with Gasteiger partial charge in [-0.25, -0.2) is 5.90 Å². The molecular formula is C12H24N2O2. The van der Waals surface area contributed by atoms with Gasteiger partial charge in [0.05, 0.1) is 0 Å². The van der Waals surface area contributed by atoms with Crippen molar-refractivity contribution in [2.75, 3.05) is 13.2 Å². The van der Waals surface area contributed by atoms with Crippen molar-refractivity contribution in [2.45, 2.75) is 51.4 Å². The summed E-state index contributed by atoms with van der Waals surface area (Å²) in [5.74, 6) is 5.57. The summed E-state index contributed by atoms with van der Waals surface area (Å²) in [5, 5.41) is 2.79. The molecule has 0 spiro atoms. The summed E-state index contributed by atoms with van der Waals surface area (Å²) in [6, 6.07) is 0. The maximum Gasteiger partial charge on any atom is 0.248 e. The van der Waals surface area contributed by atoms with Crippen LogP contribution in [0.25, 0.3) is 0 Å². The van der Waals surface area contributed by atoms with E-state index in [-0.39, 0.29) is 12.5 Å². The highest BCUT2D eigenvalue weighted by Gasteiger charge is 2.11. The molecule has 1 amide bonds. The quantitative estimate of drug-likeness (QED) is 0.413. The first-order valence-corrected chi connectivity index (χ1v) is 6.41. The van der Waals surface area contributed by atoms with Crippen LogP contribution in [0.5, 0.6) is 0 Å². The van der Waals surface area contributed by atoms with Crippen LogP contribution in [0.15, 0.2) is 0 Å². The fraction of sp³-hybridized carbons (Fsp3) is 0.917. The van der Waals surface area contributed by atoms with Crippen LogP contribution in [0.1, 0.15) is 51.4 Å². The molecule has 0 saturated heterocycles. The highest BCUT2D eigenvalue weighted by molar-refractivity contribution is 5.77. The Balaban J connectivity index is 1.99. The Morgan fingerprint density at radius 1 is 1.25 bits per heavy atom. The SMILES string of the molecule is NOCC(=O)NCCCC1CCCCCC1. The maximum atomic E-state index is 11.0. The van der Waals surface area contributed by atoms with Crippen molar-refractivity contribution in [1.82, 2.24) is 5.32 Å². The van der Waals surface area contributed by atoms with Crippen LogP contribution in [-0.2, 0) is 9.63 Å². The molecule has 1 saturated carbocycles. The van der Waals surface area contributed by atoms with E-state index in [9.17, 15) is 4.79 Å². The molecule has 1 aliphatic carbocycles. The zero-order valence-electron chi connectivity index (χ0n) is 10.0. The first-order chi connectivity index (χ1) is 7.83. The zero-order valence-corrected chi connectivity index (χ0v) is 10.0. The third-order valence-corrected chi connectivity index (χ3v) is 3.30. The second kappa shape index (κ2) is 8.53. The lowest BCUT2D eigenvalue weighted by atomic mass is 9.95. The molecule has 0 aliphatic heterocycles. The van der Waals surface area contributed by atoms with Crippen LogP contribution < -0.4 is 11.2 Å². The average Bonchev–Trinajstić information content (AvgIpc) is 2.53. The van der Waals surface area contributed by atoms with Crippen LogP contribution in [0.4, 0.5) is 0 Å². The molecule has 0 radical (unpaired) electrons. The molecule has 3 N–H and O–H groups in total. The van der Waals surface area contributed by atoms with Gasteiger partial charge in [0.2, 0.25) is 5.91 Å². The Hall–Kier alpha value is -0.610. The first-order valence-electron chi connectivity index (χ1n) is 6.41. The summed E-state index contributed by atoms with van der Waals surface area (Å²) in [4.78, 5) is 15.3. The Labute approximate surface area is 97.9 Å². The molecule has 0 bridgehead atoms. The maximum absolute atomic E-state index is 11.0. The standard InChI is InChI=1S/C12H24N2O2/c13-16-10-12(15)14-9-5-8-11-6-3-1-2-4-7-11/h11H,1-10,13H2,(H,14,15). The van der Waals surface area contributed by atoms with E-state index in [0.29, 0.717) is 0 Å². The van der Waals surface area contributed by atoms with Gasteiger partial charge in [-0.2, -0.15) is 0 Å². The number of hydrogen-bond acceptors (Lipinski definition) is 3. The van der Waals surface area contributed by atoms with Gasteiger partial charge >= 0.3 is 0 Å². The van der Waals surface area contributed by atoms with Gasteiger partial charge in [0.25, 0.3) is 0 Å². The minimum Gasteiger partial charge on any atom is -0.354 e. The van der Waals surface area contributed by atoms with Gasteiger partial charge in [-0.05, 0) is 18.8 Å². The van der Waals surface area contributed by atoms with E-state index in [1.165, 1.54) is 44.9 Å². The minimum absolute atomic E-state index is 0.0383. The van der Waals surface area contributed by atoms with Gasteiger partial charge in [0.1, 0.15) is 6.61 Å². The van der Waals surface area contributed by atoms with Gasteiger partial charge in [-0.15, -0.1) is 0 Å². The minimum atomic E-state index is -0.122. The lowest BCUT2D eigenvalue weighted by Crippen LogP contribution is -2.29. The second-order valence-corrected chi connectivity index (χ2v) is 4.66. The van der Waals surface area contributed by atoms with Crippen molar-refractivity contribution >= 4 is 5.91 Å². The molecule has 16 heavy (non-hydrogen) atoms. The smallest absolute Gasteiger partial charge is 0.248 e. The largest absolute Gasteiger partial charge is 0.354 e. The number of carbonyl (C=O) groups excluding carboxylic acids is 1. The fourth-order valence-corrected chi connectivity index (χ4v) is 2.40. The molecular weight excluding hydrogens is 204 g/mol. The van der Waals surface area contributed by atoms with Crippen molar-refractivity contribution in [3.63, 3.8) is 0 Å². The van der Waals surface area contributed by atoms with Crippen molar-refractivity contribution in [3.05, 3.63) is 0 Å². The molecule has 4 heteroatoms. The predicted molar refractivity (Wildman–Crippen MR) is 63.6 cm³/mol. The molecule has 1 fully saturated rings. The van der Waals surface area contributed by atoms with E-state index in [2.05, 4.69) is 10.2 Å². The van der Waals surface area contributed by atoms with Gasteiger partial charge in [-0.1, -0.05) is 38.5 Å². The Morgan fingerprint density at radius 2 is 1.94 bits per heavy atom. The predicted octanol–water partition coefficient (Wildman–Crippen LogP) is 1.74. The van der Waals surface area contributed by atoms with Crippen molar-refractivity contribution in [1.29, 1.82) is 0 Å². The van der Waals surface area contributed by atoms with Gasteiger partial charge < -0.3 is 5.32 Å². The van der Waals surface area contributed by atoms with E-state index in [1.54, 1.807) is 0 Å². The van der Waals surface area contributed by atoms with Gasteiger partial charge in [0, 0.05) is 6.54 Å². The molecule has 0 atom stereocenters. The molecule has 0 unspecified atom stereocenters. The third kappa shape index (κ3) is 6.08. The Morgan fingerprint density at radius 3 is 2.56 bits per heavy atom. The normalized spacial score (nSPS) is 18.1. The van der Waals surface area contributed by atoms with E-state index >= 15 is 0 Å². The number of hydrogen-bond donors (Lipinski definition) is 2. The van der Waals surface area contributed by atoms with E-state index in [0.717, 1.165) is 18.9 Å². The topological polar surface area (TPSA) is 64.3 Å². The summed E-state index contributed by atoms with van der Waals surface area (Å²) < 4.78 is 0. The number of rotatable bonds is 6. The summed E-state index contributed by atoms with van der Waals surface area (Å²) in [6.45, 7) is 0.710. The summed E-state index contributed by atoms with van der Waals surface area (Å²) in [5.41, 5.74) is 0. The highest BCUT2D eigenvalue weighted by atomic mass is 16.6. The third-order valence-electron chi connectivity index (χ3n) is 3.30. The van der Waals surface area contributed by atoms with Crippen molar-refractivity contribution in [3.8, 4) is 0 Å². The molecule has 4 nitrogen and oxygen atoms in total. The van der Waals surface area contributed by atoms with E-state index in [4.69, 9.17) is 5.90 Å². The summed E-state index contributed by atoms with van der Waals surface area (Å²) in [7, 11) is 0. The lowest BCUT2D eigenvalue weighted by Gasteiger charge is -2.13. The van der Waals surface area contributed by atoms with E-state index in [1.807, 2.05) is 0 Å². The second-order valence-electron chi connectivity index (χ2n) is 4.66. The van der Waals surface area contributed by atoms with Gasteiger partial charge in [0.15, 0.2) is 0 Å². The van der Waals surface area contributed by atoms with Crippen LogP contribution in [-0.4, -0.2) is 19.1 Å². The van der Waals surface area contributed by atoms with Gasteiger partial charge in [-0.3, -0.25) is 9.63 Å². The zero-order chi connectivity index (χ0) is 11.6. The molecule has 0 aromatic heterocycles. The molecule has 0 aromatic rings. The monoisotopic (exact) mass is 228 g/mol. The highest BCUT2D eigenvalue weighted by Crippen LogP contribution is 2.25. The summed E-state index contributed by atoms with van der Waals surface area (Å²) >= 11 is 0. The molecule has 0 heterocycles. The van der Waals surface area contributed by atoms with Crippen LogP contribution in [0, 0.1) is 5.92 Å². The lowest BCUT2D eigenvalue weighted by molar-refractivity contribution is -0.125. The number of nitrogens with one attached hydrogen (secondary N) is 1. The van der Waals surface area contributed by atoms with Crippen molar-refractivity contribution < 1.29 is 9.63 Å². The van der Waals surface area contributed by atoms with Crippen LogP contribution in [0.2, 0.25) is 0 Å². The molecule has 1 aliphatic rings. The molecule has 1 rings (SSSR count). The number of nitrogens with two attached hydrogens (primary N) is 1. The van der Waals surface area contributed by atoms with Crippen LogP contribution in [0.3, 0.4) is 0 Å². The van der Waals surface area contributed by atoms with Crippen molar-refractivity contribution in [2.24, 2.45) is 11.8 Å². The first kappa shape index (κ1) is 13.5. The fourth-order valence-electron chi connectivity index (χ4n) is 2.40.